The second kappa shape index (κ2) is 5.95. The summed E-state index contributed by atoms with van der Waals surface area (Å²) in [4.78, 5) is 17.9. The Morgan fingerprint density at radius 2 is 2.22 bits per heavy atom. The highest BCUT2D eigenvalue weighted by molar-refractivity contribution is 5.76. The summed E-state index contributed by atoms with van der Waals surface area (Å²) in [5, 5.41) is 12.7. The van der Waals surface area contributed by atoms with Gasteiger partial charge in [-0.25, -0.2) is 0 Å². The number of rotatable bonds is 4. The fourth-order valence-corrected chi connectivity index (χ4v) is 2.18. The van der Waals surface area contributed by atoms with Crippen LogP contribution in [0, 0.1) is 12.8 Å². The maximum atomic E-state index is 11.9. The zero-order valence-corrected chi connectivity index (χ0v) is 10.6. The van der Waals surface area contributed by atoms with Crippen molar-refractivity contribution in [2.45, 2.75) is 32.6 Å². The normalized spacial score (nSPS) is 17.1. The largest absolute Gasteiger partial charge is 0.396 e. The average Bonchev–Trinajstić information content (AvgIpc) is 2.82. The minimum atomic E-state index is 0.127. The van der Waals surface area contributed by atoms with Crippen LogP contribution in [-0.2, 0) is 11.2 Å². The van der Waals surface area contributed by atoms with Crippen molar-refractivity contribution in [3.63, 3.8) is 0 Å². The van der Waals surface area contributed by atoms with Gasteiger partial charge in [0.2, 0.25) is 11.8 Å². The lowest BCUT2D eigenvalue weighted by molar-refractivity contribution is -0.132. The van der Waals surface area contributed by atoms with Crippen LogP contribution in [0.4, 0.5) is 0 Å². The molecule has 1 aliphatic rings. The first-order chi connectivity index (χ1) is 8.69. The van der Waals surface area contributed by atoms with E-state index in [0.29, 0.717) is 30.5 Å². The van der Waals surface area contributed by atoms with E-state index in [9.17, 15) is 4.79 Å². The monoisotopic (exact) mass is 253 g/mol. The molecule has 2 heterocycles. The minimum absolute atomic E-state index is 0.127. The third-order valence-electron chi connectivity index (χ3n) is 3.35. The Kier molecular flexibility index (Phi) is 4.30. The molecule has 18 heavy (non-hydrogen) atoms. The number of hydrogen-bond acceptors (Lipinski definition) is 5. The molecule has 0 aliphatic carbocycles. The second-order valence-corrected chi connectivity index (χ2v) is 4.74. The highest BCUT2D eigenvalue weighted by atomic mass is 16.5. The van der Waals surface area contributed by atoms with E-state index in [2.05, 4.69) is 10.1 Å². The van der Waals surface area contributed by atoms with Gasteiger partial charge in [-0.3, -0.25) is 4.79 Å². The summed E-state index contributed by atoms with van der Waals surface area (Å²) in [6.45, 7) is 3.47. The van der Waals surface area contributed by atoms with Crippen LogP contribution in [0.5, 0.6) is 0 Å². The SMILES string of the molecule is Cc1noc(CCC(=O)N2CCC(CO)CC2)n1. The van der Waals surface area contributed by atoms with E-state index in [0.717, 1.165) is 25.9 Å². The highest BCUT2D eigenvalue weighted by Crippen LogP contribution is 2.17. The number of nitrogens with zero attached hydrogens (tertiary/aromatic N) is 3. The first kappa shape index (κ1) is 13.0. The fourth-order valence-electron chi connectivity index (χ4n) is 2.18. The number of likely N-dealkylation sites (tertiary alicyclic amines) is 1. The summed E-state index contributed by atoms with van der Waals surface area (Å²) in [6.07, 6.45) is 2.69. The van der Waals surface area contributed by atoms with Crippen molar-refractivity contribution in [3.05, 3.63) is 11.7 Å². The van der Waals surface area contributed by atoms with Crippen molar-refractivity contribution in [2.24, 2.45) is 5.92 Å². The maximum Gasteiger partial charge on any atom is 0.227 e. The number of aryl methyl sites for hydroxylation is 2. The molecule has 1 amide bonds. The van der Waals surface area contributed by atoms with E-state index in [-0.39, 0.29) is 12.5 Å². The molecule has 0 radical (unpaired) electrons. The van der Waals surface area contributed by atoms with Gasteiger partial charge in [0.05, 0.1) is 0 Å². The van der Waals surface area contributed by atoms with Gasteiger partial charge in [0.15, 0.2) is 5.82 Å². The van der Waals surface area contributed by atoms with Crippen LogP contribution < -0.4 is 0 Å². The van der Waals surface area contributed by atoms with Crippen molar-refractivity contribution in [1.82, 2.24) is 15.0 Å². The van der Waals surface area contributed by atoms with Gasteiger partial charge in [0.25, 0.3) is 0 Å². The fraction of sp³-hybridized carbons (Fsp3) is 0.750. The molecule has 6 nitrogen and oxygen atoms in total. The van der Waals surface area contributed by atoms with Crippen molar-refractivity contribution < 1.29 is 14.4 Å². The summed E-state index contributed by atoms with van der Waals surface area (Å²) < 4.78 is 4.97. The summed E-state index contributed by atoms with van der Waals surface area (Å²) in [7, 11) is 0. The summed E-state index contributed by atoms with van der Waals surface area (Å²) >= 11 is 0. The third-order valence-corrected chi connectivity index (χ3v) is 3.35. The van der Waals surface area contributed by atoms with E-state index in [4.69, 9.17) is 9.63 Å². The van der Waals surface area contributed by atoms with Gasteiger partial charge >= 0.3 is 0 Å². The van der Waals surface area contributed by atoms with Crippen molar-refractivity contribution >= 4 is 5.91 Å². The molecule has 1 aliphatic heterocycles. The van der Waals surface area contributed by atoms with E-state index >= 15 is 0 Å². The number of aromatic nitrogens is 2. The number of aliphatic hydroxyl groups is 1. The third kappa shape index (κ3) is 3.29. The zero-order valence-electron chi connectivity index (χ0n) is 10.6. The molecular weight excluding hydrogens is 234 g/mol. The Morgan fingerprint density at radius 3 is 2.78 bits per heavy atom. The van der Waals surface area contributed by atoms with Crippen LogP contribution in [0.1, 0.15) is 31.0 Å². The molecule has 0 saturated carbocycles. The average molecular weight is 253 g/mol. The first-order valence-corrected chi connectivity index (χ1v) is 6.37. The van der Waals surface area contributed by atoms with E-state index in [1.165, 1.54) is 0 Å². The number of carbonyl (C=O) groups excluding carboxylic acids is 1. The topological polar surface area (TPSA) is 79.5 Å². The van der Waals surface area contributed by atoms with Crippen LogP contribution in [0.25, 0.3) is 0 Å². The zero-order chi connectivity index (χ0) is 13.0. The smallest absolute Gasteiger partial charge is 0.227 e. The lowest BCUT2D eigenvalue weighted by atomic mass is 9.97. The standard InChI is InChI=1S/C12H19N3O3/c1-9-13-11(18-14-9)2-3-12(17)15-6-4-10(8-16)5-7-15/h10,16H,2-8H2,1H3. The maximum absolute atomic E-state index is 11.9. The van der Waals surface area contributed by atoms with Gasteiger partial charge in [-0.2, -0.15) is 4.98 Å². The molecule has 0 aromatic carbocycles. The quantitative estimate of drug-likeness (QED) is 0.847. The van der Waals surface area contributed by atoms with Crippen LogP contribution in [0.3, 0.4) is 0 Å². The molecule has 0 unspecified atom stereocenters. The number of aliphatic hydroxyl groups excluding tert-OH is 1. The molecule has 2 rings (SSSR count). The molecule has 100 valence electrons. The number of piperidine rings is 1. The van der Waals surface area contributed by atoms with Crippen molar-refractivity contribution in [3.8, 4) is 0 Å². The van der Waals surface area contributed by atoms with Gasteiger partial charge in [-0.1, -0.05) is 5.16 Å². The predicted molar refractivity (Wildman–Crippen MR) is 63.7 cm³/mol. The van der Waals surface area contributed by atoms with Crippen LogP contribution in [-0.4, -0.2) is 45.8 Å². The molecule has 0 spiro atoms. The molecule has 1 fully saturated rings. The lowest BCUT2D eigenvalue weighted by Crippen LogP contribution is -2.39. The van der Waals surface area contributed by atoms with E-state index in [1.54, 1.807) is 6.92 Å². The second-order valence-electron chi connectivity index (χ2n) is 4.74. The van der Waals surface area contributed by atoms with Gasteiger partial charge in [0.1, 0.15) is 0 Å². The number of carbonyl (C=O) groups is 1. The Morgan fingerprint density at radius 1 is 1.50 bits per heavy atom. The molecule has 0 bridgehead atoms. The lowest BCUT2D eigenvalue weighted by Gasteiger charge is -2.31. The Bertz CT molecular complexity index is 397. The molecule has 6 heteroatoms. The van der Waals surface area contributed by atoms with Gasteiger partial charge in [-0.05, 0) is 25.7 Å². The van der Waals surface area contributed by atoms with Gasteiger partial charge in [0, 0.05) is 32.5 Å². The molecule has 1 N–H and O–H groups in total. The van der Waals surface area contributed by atoms with Gasteiger partial charge in [-0.15, -0.1) is 0 Å². The Hall–Kier alpha value is -1.43. The Labute approximate surface area is 106 Å². The summed E-state index contributed by atoms with van der Waals surface area (Å²) in [5.41, 5.74) is 0. The first-order valence-electron chi connectivity index (χ1n) is 6.37. The van der Waals surface area contributed by atoms with Crippen molar-refractivity contribution in [2.75, 3.05) is 19.7 Å². The number of hydrogen-bond donors (Lipinski definition) is 1. The van der Waals surface area contributed by atoms with E-state index < -0.39 is 0 Å². The summed E-state index contributed by atoms with van der Waals surface area (Å²) in [5.74, 6) is 1.60. The molecule has 1 aromatic heterocycles. The highest BCUT2D eigenvalue weighted by Gasteiger charge is 2.22. The molecular formula is C12H19N3O3. The predicted octanol–water partition coefficient (Wildman–Crippen LogP) is 0.542. The van der Waals surface area contributed by atoms with Crippen LogP contribution >= 0.6 is 0 Å². The minimum Gasteiger partial charge on any atom is -0.396 e. The molecule has 1 aromatic rings. The van der Waals surface area contributed by atoms with Crippen LogP contribution in [0.15, 0.2) is 4.52 Å². The van der Waals surface area contributed by atoms with Crippen molar-refractivity contribution in [1.29, 1.82) is 0 Å². The number of amides is 1. The Balaban J connectivity index is 1.75. The van der Waals surface area contributed by atoms with Crippen LogP contribution in [0.2, 0.25) is 0 Å². The van der Waals surface area contributed by atoms with Gasteiger partial charge < -0.3 is 14.5 Å². The van der Waals surface area contributed by atoms with E-state index in [1.807, 2.05) is 4.90 Å². The molecule has 1 saturated heterocycles. The molecule has 0 atom stereocenters. The summed E-state index contributed by atoms with van der Waals surface area (Å²) in [6, 6.07) is 0.